The Morgan fingerprint density at radius 2 is 1.92 bits per heavy atom. The normalized spacial score (nSPS) is 22.2. The summed E-state index contributed by atoms with van der Waals surface area (Å²) in [5.41, 5.74) is 2.32. The highest BCUT2D eigenvalue weighted by molar-refractivity contribution is 5.22. The highest BCUT2D eigenvalue weighted by Crippen LogP contribution is 2.28. The summed E-state index contributed by atoms with van der Waals surface area (Å²) in [7, 11) is 1.57. The standard InChI is InChI=1S/C20H30O4/c1-4-5-6-7-8-19(24-21-3)13-17-14-22-20(23-15-17)18-11-9-16(2)10-12-18/h4,9-12,17,19-20H,1,5-8,13-15H2,2-3H3. The summed E-state index contributed by atoms with van der Waals surface area (Å²) in [6, 6.07) is 8.30. The number of unbranched alkanes of at least 4 members (excludes halogenated alkanes) is 2. The van der Waals surface area contributed by atoms with Crippen molar-refractivity contribution in [3.05, 3.63) is 48.0 Å². The Morgan fingerprint density at radius 3 is 2.54 bits per heavy atom. The molecule has 0 aliphatic carbocycles. The van der Waals surface area contributed by atoms with Crippen molar-refractivity contribution < 1.29 is 19.2 Å². The fourth-order valence-electron chi connectivity index (χ4n) is 2.97. The lowest BCUT2D eigenvalue weighted by Crippen LogP contribution is -2.30. The molecular weight excluding hydrogens is 304 g/mol. The van der Waals surface area contributed by atoms with Crippen LogP contribution in [0.15, 0.2) is 36.9 Å². The zero-order valence-corrected chi connectivity index (χ0v) is 14.9. The van der Waals surface area contributed by atoms with Gasteiger partial charge in [-0.2, -0.15) is 0 Å². The maximum absolute atomic E-state index is 5.91. The number of aryl methyl sites for hydroxylation is 1. The van der Waals surface area contributed by atoms with Crippen LogP contribution in [0.5, 0.6) is 0 Å². The molecule has 134 valence electrons. The molecule has 0 saturated carbocycles. The second-order valence-corrected chi connectivity index (χ2v) is 6.47. The molecule has 0 bridgehead atoms. The van der Waals surface area contributed by atoms with Gasteiger partial charge in [0.2, 0.25) is 0 Å². The van der Waals surface area contributed by atoms with Gasteiger partial charge in [0.25, 0.3) is 0 Å². The molecule has 1 aromatic rings. The Hall–Kier alpha value is -1.20. The number of benzene rings is 1. The van der Waals surface area contributed by atoms with E-state index >= 15 is 0 Å². The van der Waals surface area contributed by atoms with Crippen LogP contribution in [0.1, 0.15) is 49.5 Å². The lowest BCUT2D eigenvalue weighted by Gasteiger charge is -2.31. The molecule has 24 heavy (non-hydrogen) atoms. The number of ether oxygens (including phenoxy) is 2. The van der Waals surface area contributed by atoms with Crippen molar-refractivity contribution >= 4 is 0 Å². The van der Waals surface area contributed by atoms with Crippen molar-refractivity contribution in [3.63, 3.8) is 0 Å². The summed E-state index contributed by atoms with van der Waals surface area (Å²) < 4.78 is 11.8. The average molecular weight is 334 g/mol. The molecule has 1 aromatic carbocycles. The van der Waals surface area contributed by atoms with E-state index in [-0.39, 0.29) is 12.4 Å². The third kappa shape index (κ3) is 6.36. The van der Waals surface area contributed by atoms with Crippen LogP contribution in [-0.4, -0.2) is 26.4 Å². The maximum Gasteiger partial charge on any atom is 0.183 e. The third-order valence-electron chi connectivity index (χ3n) is 4.33. The lowest BCUT2D eigenvalue weighted by atomic mass is 9.98. The fraction of sp³-hybridized carbons (Fsp3) is 0.600. The highest BCUT2D eigenvalue weighted by Gasteiger charge is 2.26. The Bertz CT molecular complexity index is 463. The molecule has 1 unspecified atom stereocenters. The molecule has 1 saturated heterocycles. The van der Waals surface area contributed by atoms with Gasteiger partial charge in [0.15, 0.2) is 6.29 Å². The van der Waals surface area contributed by atoms with Gasteiger partial charge in [0.05, 0.1) is 26.4 Å². The smallest absolute Gasteiger partial charge is 0.183 e. The van der Waals surface area contributed by atoms with E-state index in [0.29, 0.717) is 19.1 Å². The molecule has 4 nitrogen and oxygen atoms in total. The number of allylic oxidation sites excluding steroid dienone is 1. The van der Waals surface area contributed by atoms with Gasteiger partial charge in [-0.05, 0) is 32.6 Å². The van der Waals surface area contributed by atoms with E-state index in [9.17, 15) is 0 Å². The first-order valence-electron chi connectivity index (χ1n) is 8.83. The van der Waals surface area contributed by atoms with Crippen LogP contribution in [0.4, 0.5) is 0 Å². The van der Waals surface area contributed by atoms with E-state index in [2.05, 4.69) is 37.8 Å². The molecule has 1 aliphatic rings. The van der Waals surface area contributed by atoms with Crippen molar-refractivity contribution in [1.82, 2.24) is 0 Å². The van der Waals surface area contributed by atoms with Crippen LogP contribution < -0.4 is 0 Å². The molecular formula is C20H30O4. The summed E-state index contributed by atoms with van der Waals surface area (Å²) in [5, 5.41) is 0. The first-order valence-corrected chi connectivity index (χ1v) is 8.83. The van der Waals surface area contributed by atoms with E-state index < -0.39 is 0 Å². The molecule has 2 rings (SSSR count). The van der Waals surface area contributed by atoms with Crippen molar-refractivity contribution in [2.75, 3.05) is 20.3 Å². The van der Waals surface area contributed by atoms with Gasteiger partial charge in [-0.15, -0.1) is 6.58 Å². The van der Waals surface area contributed by atoms with Gasteiger partial charge in [-0.25, -0.2) is 9.78 Å². The quantitative estimate of drug-likeness (QED) is 0.268. The van der Waals surface area contributed by atoms with Gasteiger partial charge in [0.1, 0.15) is 0 Å². The molecule has 0 N–H and O–H groups in total. The van der Waals surface area contributed by atoms with Crippen molar-refractivity contribution in [3.8, 4) is 0 Å². The van der Waals surface area contributed by atoms with Crippen LogP contribution in [-0.2, 0) is 19.2 Å². The molecule has 0 aromatic heterocycles. The molecule has 0 spiro atoms. The van der Waals surface area contributed by atoms with Gasteiger partial charge in [-0.1, -0.05) is 42.3 Å². The predicted octanol–water partition coefficient (Wildman–Crippen LogP) is 4.74. The van der Waals surface area contributed by atoms with Gasteiger partial charge in [-0.3, -0.25) is 0 Å². The van der Waals surface area contributed by atoms with E-state index in [0.717, 1.165) is 37.7 Å². The van der Waals surface area contributed by atoms with E-state index in [1.54, 1.807) is 7.11 Å². The van der Waals surface area contributed by atoms with E-state index in [1.165, 1.54) is 5.56 Å². The first kappa shape index (κ1) is 19.1. The first-order chi connectivity index (χ1) is 11.7. The fourth-order valence-corrected chi connectivity index (χ4v) is 2.97. The summed E-state index contributed by atoms with van der Waals surface area (Å²) in [6.45, 7) is 7.21. The van der Waals surface area contributed by atoms with Crippen LogP contribution in [0.3, 0.4) is 0 Å². The van der Waals surface area contributed by atoms with E-state index in [1.807, 2.05) is 6.08 Å². The predicted molar refractivity (Wildman–Crippen MR) is 94.5 cm³/mol. The zero-order chi connectivity index (χ0) is 17.2. The van der Waals surface area contributed by atoms with E-state index in [4.69, 9.17) is 19.2 Å². The highest BCUT2D eigenvalue weighted by atomic mass is 17.2. The minimum atomic E-state index is -0.253. The molecule has 1 fully saturated rings. The van der Waals surface area contributed by atoms with Crippen molar-refractivity contribution in [1.29, 1.82) is 0 Å². The monoisotopic (exact) mass is 334 g/mol. The molecule has 1 heterocycles. The van der Waals surface area contributed by atoms with Crippen LogP contribution in [0.2, 0.25) is 0 Å². The van der Waals surface area contributed by atoms with Crippen molar-refractivity contribution in [2.24, 2.45) is 5.92 Å². The second kappa shape index (κ2) is 10.6. The Labute approximate surface area is 145 Å². The second-order valence-electron chi connectivity index (χ2n) is 6.47. The molecule has 0 amide bonds. The molecule has 0 radical (unpaired) electrons. The molecule has 1 aliphatic heterocycles. The number of hydrogen-bond donors (Lipinski definition) is 0. The largest absolute Gasteiger partial charge is 0.348 e. The minimum absolute atomic E-state index is 0.0907. The van der Waals surface area contributed by atoms with Crippen molar-refractivity contribution in [2.45, 2.75) is 51.4 Å². The summed E-state index contributed by atoms with van der Waals surface area (Å²) in [4.78, 5) is 10.3. The number of hydrogen-bond acceptors (Lipinski definition) is 4. The Balaban J connectivity index is 1.75. The Kier molecular flexibility index (Phi) is 8.47. The Morgan fingerprint density at radius 1 is 1.21 bits per heavy atom. The maximum atomic E-state index is 5.91. The van der Waals surface area contributed by atoms with Gasteiger partial charge in [0, 0.05) is 11.5 Å². The van der Waals surface area contributed by atoms with Crippen LogP contribution in [0.25, 0.3) is 0 Å². The summed E-state index contributed by atoms with van der Waals surface area (Å²) in [5.74, 6) is 0.339. The van der Waals surface area contributed by atoms with Gasteiger partial charge < -0.3 is 9.47 Å². The third-order valence-corrected chi connectivity index (χ3v) is 4.33. The summed E-state index contributed by atoms with van der Waals surface area (Å²) in [6.07, 6.45) is 6.97. The van der Waals surface area contributed by atoms with Crippen LogP contribution in [0, 0.1) is 12.8 Å². The lowest BCUT2D eigenvalue weighted by molar-refractivity contribution is -0.312. The number of rotatable bonds is 10. The van der Waals surface area contributed by atoms with Crippen LogP contribution >= 0.6 is 0 Å². The minimum Gasteiger partial charge on any atom is -0.348 e. The molecule has 1 atom stereocenters. The van der Waals surface area contributed by atoms with Gasteiger partial charge >= 0.3 is 0 Å². The zero-order valence-electron chi connectivity index (χ0n) is 14.9. The topological polar surface area (TPSA) is 36.9 Å². The molecule has 4 heteroatoms. The summed E-state index contributed by atoms with van der Waals surface area (Å²) >= 11 is 0. The SMILES string of the molecule is C=CCCCCC(CC1COC(c2ccc(C)cc2)OC1)OOC. The average Bonchev–Trinajstić information content (AvgIpc) is 2.60.